The lowest BCUT2D eigenvalue weighted by atomic mass is 9.94. The number of benzene rings is 1. The van der Waals surface area contributed by atoms with Crippen LogP contribution < -0.4 is 0 Å². The highest BCUT2D eigenvalue weighted by Crippen LogP contribution is 2.21. The van der Waals surface area contributed by atoms with Gasteiger partial charge in [-0.3, -0.25) is 4.90 Å². The molecule has 1 aromatic carbocycles. The molecule has 1 N–H and O–H groups in total. The molecule has 0 aliphatic carbocycles. The molecule has 1 heterocycles. The Bertz CT molecular complexity index is 556. The minimum Gasteiger partial charge on any atom is -0.396 e. The molecule has 1 fully saturated rings. The van der Waals surface area contributed by atoms with Crippen molar-refractivity contribution in [3.05, 3.63) is 35.8 Å². The van der Waals surface area contributed by atoms with Gasteiger partial charge in [0.15, 0.2) is 0 Å². The fourth-order valence-corrected chi connectivity index (χ4v) is 1.98. The van der Waals surface area contributed by atoms with Crippen molar-refractivity contribution in [2.45, 2.75) is 25.8 Å². The molecule has 2 heteroatoms. The maximum atomic E-state index is 8.99. The van der Waals surface area contributed by atoms with E-state index >= 15 is 0 Å². The zero-order valence-electron chi connectivity index (χ0n) is 16.2. The van der Waals surface area contributed by atoms with Crippen LogP contribution in [0.25, 0.3) is 0 Å². The summed E-state index contributed by atoms with van der Waals surface area (Å²) in [5.74, 6) is 0.340. The summed E-state index contributed by atoms with van der Waals surface area (Å²) in [6.07, 6.45) is 2.13. The Balaban J connectivity index is 2.34. The van der Waals surface area contributed by atoms with E-state index in [4.69, 9.17) is 14.7 Å². The van der Waals surface area contributed by atoms with Crippen LogP contribution in [-0.2, 0) is 6.50 Å². The van der Waals surface area contributed by atoms with Gasteiger partial charge in [0.2, 0.25) is 0 Å². The summed E-state index contributed by atoms with van der Waals surface area (Å²) in [6, 6.07) is -2.52. The van der Waals surface area contributed by atoms with Gasteiger partial charge in [0, 0.05) is 15.8 Å². The van der Waals surface area contributed by atoms with Gasteiger partial charge in [0.05, 0.1) is 6.85 Å². The first-order valence-corrected chi connectivity index (χ1v) is 5.65. The summed E-state index contributed by atoms with van der Waals surface area (Å²) in [6.45, 7) is -1.15. The Morgan fingerprint density at radius 3 is 2.62 bits per heavy atom. The zero-order valence-corrected chi connectivity index (χ0v) is 9.21. The van der Waals surface area contributed by atoms with Crippen molar-refractivity contribution in [3.63, 3.8) is 0 Å². The largest absolute Gasteiger partial charge is 0.396 e. The Hall–Kier alpha value is -0.860. The summed E-state index contributed by atoms with van der Waals surface area (Å²) >= 11 is 0. The number of piperidine rings is 1. The molecule has 0 radical (unpaired) electrons. The number of aliphatic hydroxyl groups is 1. The maximum Gasteiger partial charge on any atom is 0.0626 e. The standard InChI is InChI=1S/C14H21NO/c16-11-8-13-6-9-15(10-7-13)12-14-4-2-1-3-5-14/h1-5,13,16H,6-12H2/i1D,2D,3D,4D,5D,12D2. The number of likely N-dealkylation sites (tertiary alicyclic amines) is 1. The third-order valence-electron chi connectivity index (χ3n) is 2.92. The van der Waals surface area contributed by atoms with Crippen molar-refractivity contribution in [2.75, 3.05) is 19.7 Å². The molecule has 0 saturated carbocycles. The van der Waals surface area contributed by atoms with Crippen LogP contribution in [0.5, 0.6) is 0 Å². The van der Waals surface area contributed by atoms with Gasteiger partial charge in [0.1, 0.15) is 0 Å². The van der Waals surface area contributed by atoms with Gasteiger partial charge in [-0.25, -0.2) is 0 Å². The van der Waals surface area contributed by atoms with Crippen LogP contribution in [0.15, 0.2) is 30.2 Å². The summed E-state index contributed by atoms with van der Waals surface area (Å²) < 4.78 is 55.6. The molecule has 0 atom stereocenters. The van der Waals surface area contributed by atoms with E-state index in [1.165, 1.54) is 4.90 Å². The van der Waals surface area contributed by atoms with Gasteiger partial charge < -0.3 is 5.11 Å². The van der Waals surface area contributed by atoms with Gasteiger partial charge in [-0.05, 0) is 43.8 Å². The second-order valence-corrected chi connectivity index (χ2v) is 4.05. The van der Waals surface area contributed by atoms with Crippen LogP contribution in [-0.4, -0.2) is 29.7 Å². The van der Waals surface area contributed by atoms with Crippen molar-refractivity contribution in [3.8, 4) is 0 Å². The first-order chi connectivity index (χ1) is 10.7. The van der Waals surface area contributed by atoms with Crippen LogP contribution >= 0.6 is 0 Å². The Labute approximate surface area is 108 Å². The number of hydrogen-bond acceptors (Lipinski definition) is 2. The highest BCUT2D eigenvalue weighted by molar-refractivity contribution is 5.14. The topological polar surface area (TPSA) is 23.5 Å². The highest BCUT2D eigenvalue weighted by atomic mass is 16.3. The molecule has 88 valence electrons. The average molecular weight is 226 g/mol. The van der Waals surface area contributed by atoms with E-state index in [0.29, 0.717) is 25.4 Å². The number of nitrogens with zero attached hydrogens (tertiary/aromatic N) is 1. The predicted octanol–water partition coefficient (Wildman–Crippen LogP) is 2.28. The molecular formula is C14H21NO. The molecule has 1 aliphatic heterocycles. The number of hydrogen-bond donors (Lipinski definition) is 1. The molecule has 1 aliphatic rings. The lowest BCUT2D eigenvalue weighted by Gasteiger charge is -2.31. The van der Waals surface area contributed by atoms with E-state index in [0.717, 1.165) is 12.8 Å². The molecule has 2 nitrogen and oxygen atoms in total. The summed E-state index contributed by atoms with van der Waals surface area (Å²) in [5.41, 5.74) is -0.302. The molecule has 0 spiro atoms. The maximum absolute atomic E-state index is 8.99. The molecule has 2 rings (SSSR count). The van der Waals surface area contributed by atoms with E-state index < -0.39 is 36.7 Å². The Morgan fingerprint density at radius 1 is 1.31 bits per heavy atom. The van der Waals surface area contributed by atoms with Crippen LogP contribution in [0, 0.1) is 5.92 Å². The number of aliphatic hydroxyl groups excluding tert-OH is 1. The summed E-state index contributed by atoms with van der Waals surface area (Å²) in [5, 5.41) is 8.99. The molecule has 0 aromatic heterocycles. The summed E-state index contributed by atoms with van der Waals surface area (Å²) in [7, 11) is 0. The van der Waals surface area contributed by atoms with Crippen molar-refractivity contribution in [2.24, 2.45) is 5.92 Å². The Kier molecular flexibility index (Phi) is 2.13. The second kappa shape index (κ2) is 6.02. The monoisotopic (exact) mass is 226 g/mol. The predicted molar refractivity (Wildman–Crippen MR) is 66.1 cm³/mol. The normalized spacial score (nSPS) is 25.9. The average Bonchev–Trinajstić information content (AvgIpc) is 2.52. The third kappa shape index (κ3) is 3.32. The second-order valence-electron chi connectivity index (χ2n) is 4.05. The van der Waals surface area contributed by atoms with E-state index in [-0.39, 0.29) is 12.2 Å². The van der Waals surface area contributed by atoms with Gasteiger partial charge in [-0.1, -0.05) is 30.2 Å². The van der Waals surface area contributed by atoms with E-state index in [1.807, 2.05) is 0 Å². The van der Waals surface area contributed by atoms with Crippen LogP contribution in [0.2, 0.25) is 0 Å². The van der Waals surface area contributed by atoms with Crippen LogP contribution in [0.4, 0.5) is 0 Å². The van der Waals surface area contributed by atoms with Crippen LogP contribution in [0.1, 0.15) is 34.4 Å². The lowest BCUT2D eigenvalue weighted by Crippen LogP contribution is -2.33. The lowest BCUT2D eigenvalue weighted by molar-refractivity contribution is 0.153. The zero-order chi connectivity index (χ0) is 17.4. The molecule has 1 saturated heterocycles. The fourth-order valence-electron chi connectivity index (χ4n) is 1.98. The number of rotatable bonds is 4. The molecule has 0 amide bonds. The molecule has 0 unspecified atom stereocenters. The van der Waals surface area contributed by atoms with Crippen molar-refractivity contribution in [1.82, 2.24) is 4.90 Å². The molecule has 1 aromatic rings. The van der Waals surface area contributed by atoms with Gasteiger partial charge in [0.25, 0.3) is 0 Å². The van der Waals surface area contributed by atoms with Gasteiger partial charge in [-0.15, -0.1) is 0 Å². The molecular weight excluding hydrogens is 198 g/mol. The van der Waals surface area contributed by atoms with E-state index in [9.17, 15) is 0 Å². The van der Waals surface area contributed by atoms with Gasteiger partial charge >= 0.3 is 0 Å². The summed E-state index contributed by atoms with van der Waals surface area (Å²) in [4.78, 5) is 1.52. The molecule has 0 bridgehead atoms. The van der Waals surface area contributed by atoms with E-state index in [2.05, 4.69) is 0 Å². The Morgan fingerprint density at radius 2 is 2.00 bits per heavy atom. The van der Waals surface area contributed by atoms with E-state index in [1.54, 1.807) is 0 Å². The quantitative estimate of drug-likeness (QED) is 0.851. The molecule has 16 heavy (non-hydrogen) atoms. The van der Waals surface area contributed by atoms with Crippen molar-refractivity contribution in [1.29, 1.82) is 0 Å². The van der Waals surface area contributed by atoms with Crippen LogP contribution in [0.3, 0.4) is 0 Å². The fraction of sp³-hybridized carbons (Fsp3) is 0.571. The SMILES string of the molecule is [2H]c1c([2H])c([2H])c(C([2H])([2H])N2CCC(CCO)CC2)c([2H])c1[2H]. The third-order valence-corrected chi connectivity index (χ3v) is 2.92. The van der Waals surface area contributed by atoms with Gasteiger partial charge in [-0.2, -0.15) is 0 Å². The highest BCUT2D eigenvalue weighted by Gasteiger charge is 2.18. The van der Waals surface area contributed by atoms with Crippen molar-refractivity contribution < 1.29 is 14.7 Å². The van der Waals surface area contributed by atoms with Crippen molar-refractivity contribution >= 4 is 0 Å². The minimum absolute atomic E-state index is 0.112. The first-order valence-electron chi connectivity index (χ1n) is 9.15. The smallest absolute Gasteiger partial charge is 0.0626 e. The first kappa shape index (κ1) is 5.65. The minimum atomic E-state index is -2.13.